The van der Waals surface area contributed by atoms with Crippen LogP contribution in [0.1, 0.15) is 12.0 Å². The van der Waals surface area contributed by atoms with E-state index in [9.17, 15) is 19.8 Å². The second-order valence-electron chi connectivity index (χ2n) is 3.80. The third-order valence-corrected chi connectivity index (χ3v) is 2.70. The van der Waals surface area contributed by atoms with Gasteiger partial charge in [0.1, 0.15) is 5.75 Å². The van der Waals surface area contributed by atoms with Gasteiger partial charge < -0.3 is 20.3 Å². The molecule has 0 spiro atoms. The maximum atomic E-state index is 11.7. The predicted octanol–water partition coefficient (Wildman–Crippen LogP) is 0.0950. The number of carbonyl (C=O) groups excluding carboxylic acids is 2. The summed E-state index contributed by atoms with van der Waals surface area (Å²) in [7, 11) is 1.17. The van der Waals surface area contributed by atoms with E-state index in [1.54, 1.807) is 0 Å². The number of aromatic hydroxyl groups is 1. The summed E-state index contributed by atoms with van der Waals surface area (Å²) >= 11 is 0. The summed E-state index contributed by atoms with van der Waals surface area (Å²) in [6.07, 6.45) is -0.494. The molecule has 90 valence electrons. The summed E-state index contributed by atoms with van der Waals surface area (Å²) in [6, 6.07) is 4.08. The van der Waals surface area contributed by atoms with Crippen LogP contribution in [0, 0.1) is 0 Å². The van der Waals surface area contributed by atoms with Gasteiger partial charge in [-0.15, -0.1) is 0 Å². The van der Waals surface area contributed by atoms with Crippen LogP contribution in [0.4, 0.5) is 5.69 Å². The van der Waals surface area contributed by atoms with Crippen molar-refractivity contribution >= 4 is 17.6 Å². The maximum Gasteiger partial charge on any atom is 0.309 e. The summed E-state index contributed by atoms with van der Waals surface area (Å²) in [5.74, 6) is -1.51. The van der Waals surface area contributed by atoms with Crippen molar-refractivity contribution in [2.24, 2.45) is 0 Å². The molecular weight excluding hydrogens is 226 g/mol. The fourth-order valence-corrected chi connectivity index (χ4v) is 1.79. The van der Waals surface area contributed by atoms with Gasteiger partial charge >= 0.3 is 5.97 Å². The average Bonchev–Trinajstić information content (AvgIpc) is 2.52. The number of phenols is 1. The van der Waals surface area contributed by atoms with Crippen LogP contribution in [-0.4, -0.2) is 29.2 Å². The zero-order valence-electron chi connectivity index (χ0n) is 9.06. The molecule has 1 aromatic carbocycles. The second-order valence-corrected chi connectivity index (χ2v) is 3.80. The van der Waals surface area contributed by atoms with Crippen LogP contribution in [0.25, 0.3) is 0 Å². The number of rotatable bonds is 2. The SMILES string of the molecule is COC(=O)C[C@@]1(O)C(=O)Nc2ccc(O)cc21. The van der Waals surface area contributed by atoms with Crippen LogP contribution in [0.2, 0.25) is 0 Å². The van der Waals surface area contributed by atoms with Crippen LogP contribution in [0.5, 0.6) is 5.75 Å². The highest BCUT2D eigenvalue weighted by molar-refractivity contribution is 6.06. The topological polar surface area (TPSA) is 95.9 Å². The van der Waals surface area contributed by atoms with Crippen LogP contribution in [0.3, 0.4) is 0 Å². The van der Waals surface area contributed by atoms with E-state index in [1.807, 2.05) is 0 Å². The van der Waals surface area contributed by atoms with E-state index >= 15 is 0 Å². The Morgan fingerprint density at radius 1 is 1.53 bits per heavy atom. The van der Waals surface area contributed by atoms with Gasteiger partial charge in [0, 0.05) is 11.3 Å². The number of benzene rings is 1. The van der Waals surface area contributed by atoms with Gasteiger partial charge in [0.15, 0.2) is 5.60 Å². The lowest BCUT2D eigenvalue weighted by Crippen LogP contribution is -2.36. The van der Waals surface area contributed by atoms with Crippen LogP contribution >= 0.6 is 0 Å². The minimum absolute atomic E-state index is 0.0939. The average molecular weight is 237 g/mol. The number of ether oxygens (including phenoxy) is 1. The van der Waals surface area contributed by atoms with Crippen molar-refractivity contribution in [1.29, 1.82) is 0 Å². The normalized spacial score (nSPS) is 21.9. The van der Waals surface area contributed by atoms with E-state index in [4.69, 9.17) is 0 Å². The molecule has 1 aliphatic heterocycles. The Kier molecular flexibility index (Phi) is 2.51. The number of amides is 1. The molecule has 17 heavy (non-hydrogen) atoms. The first-order valence-electron chi connectivity index (χ1n) is 4.91. The van der Waals surface area contributed by atoms with Crippen molar-refractivity contribution in [1.82, 2.24) is 0 Å². The zero-order valence-corrected chi connectivity index (χ0v) is 9.06. The van der Waals surface area contributed by atoms with E-state index in [0.717, 1.165) is 0 Å². The zero-order chi connectivity index (χ0) is 12.6. The Balaban J connectivity index is 2.45. The molecule has 0 aliphatic carbocycles. The van der Waals surface area contributed by atoms with Gasteiger partial charge in [-0.3, -0.25) is 9.59 Å². The molecule has 1 aromatic rings. The van der Waals surface area contributed by atoms with E-state index in [2.05, 4.69) is 10.1 Å². The molecular formula is C11H11NO5. The first-order chi connectivity index (χ1) is 7.97. The van der Waals surface area contributed by atoms with E-state index in [1.165, 1.54) is 25.3 Å². The number of phenolic OH excluding ortho intramolecular Hbond substituents is 1. The largest absolute Gasteiger partial charge is 0.508 e. The number of methoxy groups -OCH3 is 1. The molecule has 1 amide bonds. The van der Waals surface area contributed by atoms with Gasteiger partial charge in [-0.2, -0.15) is 0 Å². The van der Waals surface area contributed by atoms with E-state index < -0.39 is 23.9 Å². The first-order valence-corrected chi connectivity index (χ1v) is 4.91. The maximum absolute atomic E-state index is 11.7. The van der Waals surface area contributed by atoms with Crippen molar-refractivity contribution in [2.45, 2.75) is 12.0 Å². The molecule has 0 saturated carbocycles. The molecule has 6 heteroatoms. The highest BCUT2D eigenvalue weighted by Gasteiger charge is 2.47. The van der Waals surface area contributed by atoms with E-state index in [0.29, 0.717) is 5.69 Å². The second kappa shape index (κ2) is 3.74. The Hall–Kier alpha value is -2.08. The van der Waals surface area contributed by atoms with Crippen LogP contribution < -0.4 is 5.32 Å². The van der Waals surface area contributed by atoms with Crippen molar-refractivity contribution < 1.29 is 24.5 Å². The minimum Gasteiger partial charge on any atom is -0.508 e. The minimum atomic E-state index is -1.98. The van der Waals surface area contributed by atoms with Crippen molar-refractivity contribution in [3.05, 3.63) is 23.8 Å². The summed E-state index contributed by atoms with van der Waals surface area (Å²) in [5, 5.41) is 22.0. The third-order valence-electron chi connectivity index (χ3n) is 2.70. The number of anilines is 1. The van der Waals surface area contributed by atoms with Gasteiger partial charge in [0.2, 0.25) is 0 Å². The van der Waals surface area contributed by atoms with Crippen LogP contribution in [-0.2, 0) is 19.9 Å². The van der Waals surface area contributed by atoms with Gasteiger partial charge in [-0.1, -0.05) is 0 Å². The summed E-state index contributed by atoms with van der Waals surface area (Å²) < 4.78 is 4.43. The number of nitrogens with one attached hydrogen (secondary N) is 1. The third kappa shape index (κ3) is 1.72. The molecule has 1 atom stereocenters. The summed E-state index contributed by atoms with van der Waals surface area (Å²) in [4.78, 5) is 22.9. The smallest absolute Gasteiger partial charge is 0.309 e. The molecule has 0 saturated heterocycles. The fourth-order valence-electron chi connectivity index (χ4n) is 1.79. The number of aliphatic hydroxyl groups is 1. The molecule has 0 bridgehead atoms. The monoisotopic (exact) mass is 237 g/mol. The number of fused-ring (bicyclic) bond motifs is 1. The number of carbonyl (C=O) groups is 2. The van der Waals surface area contributed by atoms with Gasteiger partial charge in [0.05, 0.1) is 13.5 Å². The fraction of sp³-hybridized carbons (Fsp3) is 0.273. The molecule has 0 fully saturated rings. The standard InChI is InChI=1S/C11H11NO5/c1-17-9(14)5-11(16)7-4-6(13)2-3-8(7)12-10(11)15/h2-4,13,16H,5H2,1H3,(H,12,15)/t11-/m0/s1. The molecule has 0 radical (unpaired) electrons. The molecule has 1 heterocycles. The molecule has 0 unspecified atom stereocenters. The highest BCUT2D eigenvalue weighted by Crippen LogP contribution is 2.40. The van der Waals surface area contributed by atoms with Gasteiger partial charge in [-0.05, 0) is 18.2 Å². The number of hydrogen-bond acceptors (Lipinski definition) is 5. The molecule has 1 aliphatic rings. The lowest BCUT2D eigenvalue weighted by Gasteiger charge is -2.19. The number of esters is 1. The molecule has 3 N–H and O–H groups in total. The van der Waals surface area contributed by atoms with Crippen molar-refractivity contribution in [2.75, 3.05) is 12.4 Å². The number of hydrogen-bond donors (Lipinski definition) is 3. The predicted molar refractivity (Wildman–Crippen MR) is 57.3 cm³/mol. The lowest BCUT2D eigenvalue weighted by molar-refractivity contribution is -0.152. The molecule has 2 rings (SSSR count). The summed E-state index contributed by atoms with van der Waals surface area (Å²) in [5.41, 5.74) is -1.44. The Bertz CT molecular complexity index is 499. The summed E-state index contributed by atoms with van der Waals surface area (Å²) in [6.45, 7) is 0. The Morgan fingerprint density at radius 2 is 2.24 bits per heavy atom. The Morgan fingerprint density at radius 3 is 2.88 bits per heavy atom. The van der Waals surface area contributed by atoms with E-state index in [-0.39, 0.29) is 11.3 Å². The molecule has 6 nitrogen and oxygen atoms in total. The molecule has 0 aromatic heterocycles. The van der Waals surface area contributed by atoms with Crippen LogP contribution in [0.15, 0.2) is 18.2 Å². The lowest BCUT2D eigenvalue weighted by atomic mass is 9.92. The van der Waals surface area contributed by atoms with Gasteiger partial charge in [0.25, 0.3) is 5.91 Å². The van der Waals surface area contributed by atoms with Crippen molar-refractivity contribution in [3.8, 4) is 5.75 Å². The highest BCUT2D eigenvalue weighted by atomic mass is 16.5. The quantitative estimate of drug-likeness (QED) is 0.500. The first kappa shape index (κ1) is 11.4. The van der Waals surface area contributed by atoms with Gasteiger partial charge in [-0.25, -0.2) is 0 Å². The van der Waals surface area contributed by atoms with Crippen molar-refractivity contribution in [3.63, 3.8) is 0 Å². The Labute approximate surface area is 96.8 Å².